The van der Waals surface area contributed by atoms with Crippen LogP contribution in [0.25, 0.3) is 32.7 Å². The second-order valence-electron chi connectivity index (χ2n) is 6.55. The van der Waals surface area contributed by atoms with Crippen LogP contribution in [0.2, 0.25) is 0 Å². The summed E-state index contributed by atoms with van der Waals surface area (Å²) in [7, 11) is -4.03. The minimum Gasteiger partial charge on any atom is -0.404 e. The molecule has 0 saturated carbocycles. The van der Waals surface area contributed by atoms with Crippen LogP contribution in [0.5, 0.6) is 5.75 Å². The van der Waals surface area contributed by atoms with Crippen molar-refractivity contribution in [2.24, 2.45) is 0 Å². The van der Waals surface area contributed by atoms with E-state index >= 15 is 0 Å². The molecule has 0 atom stereocenters. The fraction of sp³-hybridized carbons (Fsp3) is 0.0476. The van der Waals surface area contributed by atoms with Gasteiger partial charge in [-0.2, -0.15) is 0 Å². The summed E-state index contributed by atoms with van der Waals surface area (Å²) in [4.78, 5) is -0.193. The molecule has 0 aromatic heterocycles. The molecule has 0 aliphatic rings. The molecule has 160 valence electrons. The summed E-state index contributed by atoms with van der Waals surface area (Å²) in [6.45, 7) is 0. The van der Waals surface area contributed by atoms with E-state index in [9.17, 15) is 21.6 Å². The second kappa shape index (κ2) is 8.06. The van der Waals surface area contributed by atoms with Gasteiger partial charge in [0, 0.05) is 15.6 Å². The Bertz CT molecular complexity index is 1450. The molecule has 0 spiro atoms. The quantitative estimate of drug-likeness (QED) is 0.213. The summed E-state index contributed by atoms with van der Waals surface area (Å²) in [5, 5.41) is 2.12. The summed E-state index contributed by atoms with van der Waals surface area (Å²) in [6.07, 6.45) is -4.99. The van der Waals surface area contributed by atoms with Crippen molar-refractivity contribution in [3.63, 3.8) is 0 Å². The Balaban J connectivity index is 2.31. The monoisotopic (exact) mass is 636 g/mol. The summed E-state index contributed by atoms with van der Waals surface area (Å²) in [6, 6.07) is 16.7. The zero-order chi connectivity index (χ0) is 22.6. The van der Waals surface area contributed by atoms with Gasteiger partial charge in [0.15, 0.2) is 5.75 Å². The third-order valence-electron chi connectivity index (χ3n) is 4.62. The van der Waals surface area contributed by atoms with Crippen molar-refractivity contribution < 1.29 is 26.3 Å². The van der Waals surface area contributed by atoms with Gasteiger partial charge in [-0.1, -0.05) is 48.5 Å². The van der Waals surface area contributed by atoms with E-state index in [4.69, 9.17) is 0 Å². The smallest absolute Gasteiger partial charge is 0.404 e. The highest BCUT2D eigenvalue weighted by Crippen LogP contribution is 2.50. The molecule has 3 nitrogen and oxygen atoms in total. The van der Waals surface area contributed by atoms with Crippen LogP contribution in [0.15, 0.2) is 74.5 Å². The highest BCUT2D eigenvalue weighted by molar-refractivity contribution is 9.47. The summed E-state index contributed by atoms with van der Waals surface area (Å²) in [5.41, 5.74) is 0.108. The third-order valence-corrected chi connectivity index (χ3v) is 7.98. The molecule has 31 heavy (non-hydrogen) atoms. The lowest BCUT2D eigenvalue weighted by atomic mass is 9.93. The van der Waals surface area contributed by atoms with Crippen LogP contribution in [-0.2, 0) is 8.27 Å². The number of hydrogen-bond donors (Lipinski definition) is 0. The summed E-state index contributed by atoms with van der Waals surface area (Å²) in [5.74, 6) is -0.521. The first-order chi connectivity index (χ1) is 14.5. The summed E-state index contributed by atoms with van der Waals surface area (Å²) < 4.78 is 70.2. The van der Waals surface area contributed by atoms with E-state index in [1.165, 1.54) is 6.07 Å². The Morgan fingerprint density at radius 2 is 1.26 bits per heavy atom. The van der Waals surface area contributed by atoms with Gasteiger partial charge in [-0.05, 0) is 65.5 Å². The van der Waals surface area contributed by atoms with Crippen LogP contribution in [0.3, 0.4) is 0 Å². The normalized spacial score (nSPS) is 12.5. The lowest BCUT2D eigenvalue weighted by Gasteiger charge is -2.21. The highest BCUT2D eigenvalue weighted by atomic mass is 79.9. The predicted octanol–water partition coefficient (Wildman–Crippen LogP) is 8.17. The highest BCUT2D eigenvalue weighted by Gasteiger charge is 2.35. The molecule has 0 amide bonds. The molecule has 0 aliphatic heterocycles. The van der Waals surface area contributed by atoms with E-state index < -0.39 is 20.4 Å². The Labute approximate surface area is 199 Å². The number of ether oxygens (including phenoxy) is 1. The molecule has 4 aromatic rings. The van der Waals surface area contributed by atoms with E-state index in [0.717, 1.165) is 0 Å². The van der Waals surface area contributed by atoms with Gasteiger partial charge in [-0.15, -0.1) is 13.2 Å². The molecule has 0 bridgehead atoms. The zero-order valence-corrected chi connectivity index (χ0v) is 20.7. The molecule has 0 heterocycles. The fourth-order valence-corrected chi connectivity index (χ4v) is 7.56. The van der Waals surface area contributed by atoms with Crippen LogP contribution in [0, 0.1) is 0 Å². The van der Waals surface area contributed by atoms with Gasteiger partial charge in [0.2, 0.25) is 8.27 Å². The molecule has 4 rings (SSSR count). The van der Waals surface area contributed by atoms with Crippen LogP contribution in [0.4, 0.5) is 13.2 Å². The van der Waals surface area contributed by atoms with Gasteiger partial charge >= 0.3 is 6.36 Å². The Hall–Kier alpha value is -1.62. The minimum absolute atomic E-state index is 0.0119. The van der Waals surface area contributed by atoms with E-state index in [2.05, 4.69) is 51.4 Å². The molecule has 0 N–H and O–H groups in total. The maximum Gasteiger partial charge on any atom is 0.573 e. The van der Waals surface area contributed by atoms with Gasteiger partial charge in [-0.3, -0.25) is 0 Å². The first-order valence-electron chi connectivity index (χ1n) is 8.60. The Morgan fingerprint density at radius 3 is 1.77 bits per heavy atom. The standard InChI is InChI=1S/C21H10Br3F3O3S/c22-15-9-11-5-1-3-7-13(11)17(19(15)30-21(25,26)27)18-14-8-4-2-6-12(14)10-16(23)20(18)31(24,28)29/h1-10H. The zero-order valence-electron chi connectivity index (χ0n) is 15.2. The topological polar surface area (TPSA) is 43.4 Å². The summed E-state index contributed by atoms with van der Waals surface area (Å²) >= 11 is 9.17. The SMILES string of the molecule is O=S(=O)(Br)c1c(Br)cc2ccccc2c1-c1c(OC(F)(F)F)c(Br)cc2ccccc12. The van der Waals surface area contributed by atoms with Crippen molar-refractivity contribution >= 4 is 76.5 Å². The van der Waals surface area contributed by atoms with E-state index in [1.54, 1.807) is 54.6 Å². The van der Waals surface area contributed by atoms with Crippen molar-refractivity contribution in [3.8, 4) is 16.9 Å². The molecule has 0 unspecified atom stereocenters. The maximum absolute atomic E-state index is 13.4. The maximum atomic E-state index is 13.4. The van der Waals surface area contributed by atoms with Crippen molar-refractivity contribution in [2.75, 3.05) is 0 Å². The third kappa shape index (κ3) is 4.35. The number of fused-ring (bicyclic) bond motifs is 2. The number of hydrogen-bond acceptors (Lipinski definition) is 3. The van der Waals surface area contributed by atoms with Crippen molar-refractivity contribution in [3.05, 3.63) is 69.6 Å². The first-order valence-corrected chi connectivity index (χ1v) is 13.5. The molecule has 0 saturated heterocycles. The molecular formula is C21H10Br3F3O3S. The Kier molecular flexibility index (Phi) is 5.87. The largest absolute Gasteiger partial charge is 0.573 e. The Morgan fingerprint density at radius 1 is 0.774 bits per heavy atom. The van der Waals surface area contributed by atoms with E-state index in [1.807, 2.05) is 0 Å². The van der Waals surface area contributed by atoms with Crippen molar-refractivity contribution in [1.82, 2.24) is 0 Å². The molecule has 0 aliphatic carbocycles. The number of alkyl halides is 3. The van der Waals surface area contributed by atoms with Crippen LogP contribution < -0.4 is 4.74 Å². The lowest BCUT2D eigenvalue weighted by molar-refractivity contribution is -0.274. The van der Waals surface area contributed by atoms with Crippen molar-refractivity contribution in [1.29, 1.82) is 0 Å². The average molecular weight is 639 g/mol. The average Bonchev–Trinajstić information content (AvgIpc) is 2.66. The number of rotatable bonds is 3. The minimum atomic E-state index is -4.99. The van der Waals surface area contributed by atoms with Gasteiger partial charge in [0.05, 0.1) is 19.3 Å². The van der Waals surface area contributed by atoms with Crippen LogP contribution in [0.1, 0.15) is 0 Å². The second-order valence-corrected chi connectivity index (χ2v) is 12.1. The van der Waals surface area contributed by atoms with Crippen molar-refractivity contribution in [2.45, 2.75) is 11.3 Å². The number of benzene rings is 4. The van der Waals surface area contributed by atoms with Crippen LogP contribution in [-0.4, -0.2) is 14.8 Å². The first kappa shape index (κ1) is 22.6. The molecule has 0 radical (unpaired) electrons. The predicted molar refractivity (Wildman–Crippen MR) is 125 cm³/mol. The number of halogens is 6. The van der Waals surface area contributed by atoms with Gasteiger partial charge in [0.25, 0.3) is 0 Å². The molecular weight excluding hydrogens is 629 g/mol. The van der Waals surface area contributed by atoms with E-state index in [-0.39, 0.29) is 25.0 Å². The lowest BCUT2D eigenvalue weighted by Crippen LogP contribution is -2.18. The molecule has 0 fully saturated rings. The van der Waals surface area contributed by atoms with Gasteiger partial charge in [0.1, 0.15) is 4.90 Å². The fourth-order valence-electron chi connectivity index (χ4n) is 3.54. The van der Waals surface area contributed by atoms with Crippen LogP contribution >= 0.6 is 46.7 Å². The van der Waals surface area contributed by atoms with E-state index in [0.29, 0.717) is 21.5 Å². The molecule has 10 heteroatoms. The molecule has 4 aromatic carbocycles. The van der Waals surface area contributed by atoms with Gasteiger partial charge in [-0.25, -0.2) is 8.42 Å². The van der Waals surface area contributed by atoms with Gasteiger partial charge < -0.3 is 4.74 Å².